The van der Waals surface area contributed by atoms with Gasteiger partial charge in [0.15, 0.2) is 5.58 Å². The van der Waals surface area contributed by atoms with E-state index < -0.39 is 11.8 Å². The number of urea groups is 1. The van der Waals surface area contributed by atoms with Gasteiger partial charge in [-0.15, -0.1) is 0 Å². The van der Waals surface area contributed by atoms with Crippen LogP contribution in [-0.2, 0) is 0 Å². The maximum absolute atomic E-state index is 11.9. The molecule has 0 unspecified atom stereocenters. The lowest BCUT2D eigenvalue weighted by Crippen LogP contribution is -2.19. The lowest BCUT2D eigenvalue weighted by molar-refractivity contribution is 0.262. The third-order valence-electron chi connectivity index (χ3n) is 2.76. The molecule has 106 valence electrons. The third kappa shape index (κ3) is 3.06. The molecule has 21 heavy (non-hydrogen) atoms. The number of oxazole rings is 1. The Morgan fingerprint density at radius 3 is 2.62 bits per heavy atom. The molecule has 0 saturated heterocycles. The van der Waals surface area contributed by atoms with E-state index in [4.69, 9.17) is 16.0 Å². The summed E-state index contributed by atoms with van der Waals surface area (Å²) in [5.74, 6) is -0.537. The monoisotopic (exact) mass is 303 g/mol. The Hall–Kier alpha value is -2.73. The molecular formula is C14H10ClN3O3. The summed E-state index contributed by atoms with van der Waals surface area (Å²) >= 11 is 5.84. The maximum Gasteiger partial charge on any atom is 0.417 e. The highest BCUT2D eigenvalue weighted by Crippen LogP contribution is 2.18. The van der Waals surface area contributed by atoms with E-state index in [1.54, 1.807) is 42.5 Å². The number of aromatic nitrogens is 1. The molecule has 0 atom stereocenters. The van der Waals surface area contributed by atoms with Gasteiger partial charge in [-0.3, -0.25) is 4.98 Å². The van der Waals surface area contributed by atoms with E-state index >= 15 is 0 Å². The van der Waals surface area contributed by atoms with Crippen LogP contribution in [0, 0.1) is 0 Å². The topological polar surface area (TPSA) is 87.1 Å². The van der Waals surface area contributed by atoms with Gasteiger partial charge < -0.3 is 15.1 Å². The van der Waals surface area contributed by atoms with Gasteiger partial charge in [-0.05, 0) is 30.3 Å². The second-order valence-corrected chi connectivity index (χ2v) is 4.75. The third-order valence-corrected chi connectivity index (χ3v) is 3.00. The van der Waals surface area contributed by atoms with Gasteiger partial charge in [0.05, 0.1) is 5.52 Å². The van der Waals surface area contributed by atoms with Gasteiger partial charge >= 0.3 is 11.8 Å². The van der Waals surface area contributed by atoms with Gasteiger partial charge in [0.2, 0.25) is 0 Å². The van der Waals surface area contributed by atoms with Crippen LogP contribution in [0.4, 0.5) is 16.2 Å². The van der Waals surface area contributed by atoms with E-state index in [2.05, 4.69) is 15.6 Å². The number of carbonyl (C=O) groups is 1. The Labute approximate surface area is 123 Å². The van der Waals surface area contributed by atoms with Crippen molar-refractivity contribution in [3.63, 3.8) is 0 Å². The normalized spacial score (nSPS) is 10.5. The summed E-state index contributed by atoms with van der Waals surface area (Å²) in [6.07, 6.45) is 0. The van der Waals surface area contributed by atoms with E-state index in [-0.39, 0.29) is 0 Å². The van der Waals surface area contributed by atoms with Gasteiger partial charge in [0.25, 0.3) is 0 Å². The van der Waals surface area contributed by atoms with Crippen molar-refractivity contribution in [3.8, 4) is 0 Å². The van der Waals surface area contributed by atoms with Crippen LogP contribution in [0.3, 0.4) is 0 Å². The van der Waals surface area contributed by atoms with Crippen molar-refractivity contribution >= 4 is 40.1 Å². The minimum atomic E-state index is -0.537. The van der Waals surface area contributed by atoms with Crippen molar-refractivity contribution in [2.45, 2.75) is 0 Å². The van der Waals surface area contributed by atoms with Crippen LogP contribution in [-0.4, -0.2) is 11.0 Å². The molecule has 7 heteroatoms. The first-order chi connectivity index (χ1) is 10.1. The number of anilines is 2. The molecule has 3 N–H and O–H groups in total. The first-order valence-corrected chi connectivity index (χ1v) is 6.44. The van der Waals surface area contributed by atoms with Crippen molar-refractivity contribution in [2.75, 3.05) is 10.6 Å². The quantitative estimate of drug-likeness (QED) is 0.678. The number of hydrogen-bond donors (Lipinski definition) is 3. The zero-order valence-electron chi connectivity index (χ0n) is 10.6. The summed E-state index contributed by atoms with van der Waals surface area (Å²) in [7, 11) is 0. The van der Waals surface area contributed by atoms with Crippen LogP contribution in [0.2, 0.25) is 5.02 Å². The summed E-state index contributed by atoms with van der Waals surface area (Å²) in [4.78, 5) is 25.4. The SMILES string of the molecule is O=C(Nc1cccc(Cl)c1)Nc1ccc2[nH]c(=O)oc2c1. The highest BCUT2D eigenvalue weighted by molar-refractivity contribution is 6.30. The van der Waals surface area contributed by atoms with E-state index in [9.17, 15) is 9.59 Å². The van der Waals surface area contributed by atoms with E-state index in [0.717, 1.165) is 0 Å². The minimum Gasteiger partial charge on any atom is -0.408 e. The largest absolute Gasteiger partial charge is 0.417 e. The molecule has 1 aromatic heterocycles. The molecule has 1 heterocycles. The molecule has 0 aliphatic heterocycles. The fraction of sp³-hybridized carbons (Fsp3) is 0. The Morgan fingerprint density at radius 1 is 1.10 bits per heavy atom. The number of nitrogens with one attached hydrogen (secondary N) is 3. The molecule has 0 fully saturated rings. The van der Waals surface area contributed by atoms with Gasteiger partial charge in [-0.2, -0.15) is 0 Å². The Balaban J connectivity index is 1.75. The number of carbonyl (C=O) groups excluding carboxylic acids is 1. The van der Waals surface area contributed by atoms with Crippen LogP contribution in [0.5, 0.6) is 0 Å². The average Bonchev–Trinajstić information content (AvgIpc) is 2.78. The maximum atomic E-state index is 11.9. The van der Waals surface area contributed by atoms with Gasteiger partial charge in [-0.1, -0.05) is 17.7 Å². The Bertz CT molecular complexity index is 869. The van der Waals surface area contributed by atoms with Gasteiger partial charge in [0.1, 0.15) is 0 Å². The molecule has 0 aliphatic rings. The van der Waals surface area contributed by atoms with Crippen LogP contribution in [0.1, 0.15) is 0 Å². The molecule has 0 bridgehead atoms. The number of fused-ring (bicyclic) bond motifs is 1. The predicted octanol–water partition coefficient (Wildman–Crippen LogP) is 3.42. The van der Waals surface area contributed by atoms with Crippen molar-refractivity contribution in [3.05, 3.63) is 58.0 Å². The van der Waals surface area contributed by atoms with Crippen LogP contribution < -0.4 is 16.4 Å². The Kier molecular flexibility index (Phi) is 3.37. The second kappa shape index (κ2) is 5.34. The van der Waals surface area contributed by atoms with Crippen molar-refractivity contribution in [1.29, 1.82) is 0 Å². The molecule has 0 spiro atoms. The number of hydrogen-bond acceptors (Lipinski definition) is 3. The van der Waals surface area contributed by atoms with E-state index in [1.807, 2.05) is 0 Å². The summed E-state index contributed by atoms with van der Waals surface area (Å²) in [5, 5.41) is 5.82. The molecule has 0 saturated carbocycles. The summed E-state index contributed by atoms with van der Waals surface area (Å²) < 4.78 is 4.92. The zero-order valence-corrected chi connectivity index (χ0v) is 11.4. The van der Waals surface area contributed by atoms with Gasteiger partial charge in [0, 0.05) is 22.5 Å². The fourth-order valence-corrected chi connectivity index (χ4v) is 2.07. The number of amides is 2. The highest BCUT2D eigenvalue weighted by Gasteiger charge is 2.06. The lowest BCUT2D eigenvalue weighted by atomic mass is 10.3. The summed E-state index contributed by atoms with van der Waals surface area (Å²) in [6.45, 7) is 0. The smallest absolute Gasteiger partial charge is 0.408 e. The van der Waals surface area contributed by atoms with Crippen LogP contribution in [0.25, 0.3) is 11.1 Å². The molecule has 2 aromatic carbocycles. The standard InChI is InChI=1S/C14H10ClN3O3/c15-8-2-1-3-9(6-8)16-13(19)17-10-4-5-11-12(7-10)21-14(20)18-11/h1-7H,(H,18,20)(H2,16,17,19). The summed E-state index contributed by atoms with van der Waals surface area (Å²) in [6, 6.07) is 11.3. The zero-order chi connectivity index (χ0) is 14.8. The molecule has 3 rings (SSSR count). The van der Waals surface area contributed by atoms with E-state index in [1.165, 1.54) is 0 Å². The van der Waals surface area contributed by atoms with E-state index in [0.29, 0.717) is 27.5 Å². The Morgan fingerprint density at radius 2 is 1.86 bits per heavy atom. The number of rotatable bonds is 2. The van der Waals surface area contributed by atoms with Crippen LogP contribution in [0.15, 0.2) is 51.7 Å². The fourth-order valence-electron chi connectivity index (χ4n) is 1.88. The number of halogens is 1. The molecule has 2 amide bonds. The molecule has 0 radical (unpaired) electrons. The molecule has 0 aliphatic carbocycles. The number of benzene rings is 2. The van der Waals surface area contributed by atoms with Crippen molar-refractivity contribution in [2.24, 2.45) is 0 Å². The molecule has 3 aromatic rings. The molecule has 6 nitrogen and oxygen atoms in total. The highest BCUT2D eigenvalue weighted by atomic mass is 35.5. The van der Waals surface area contributed by atoms with Crippen LogP contribution >= 0.6 is 11.6 Å². The number of aromatic amines is 1. The first kappa shape index (κ1) is 13.3. The van der Waals surface area contributed by atoms with Gasteiger partial charge in [-0.25, -0.2) is 9.59 Å². The second-order valence-electron chi connectivity index (χ2n) is 4.31. The summed E-state index contributed by atoms with van der Waals surface area (Å²) in [5.41, 5.74) is 2.03. The van der Waals surface area contributed by atoms with Crippen molar-refractivity contribution < 1.29 is 9.21 Å². The number of H-pyrrole nitrogens is 1. The average molecular weight is 304 g/mol. The minimum absolute atomic E-state index is 0.376. The molecular weight excluding hydrogens is 294 g/mol. The first-order valence-electron chi connectivity index (χ1n) is 6.06. The lowest BCUT2D eigenvalue weighted by Gasteiger charge is -2.07. The van der Waals surface area contributed by atoms with Crippen molar-refractivity contribution in [1.82, 2.24) is 4.98 Å². The predicted molar refractivity (Wildman–Crippen MR) is 80.9 cm³/mol.